The Morgan fingerprint density at radius 1 is 0.806 bits per heavy atom. The quantitative estimate of drug-likeness (QED) is 0.261. The molecule has 0 unspecified atom stereocenters. The first-order valence-electron chi connectivity index (χ1n) is 13.1. The van der Waals surface area contributed by atoms with Crippen molar-refractivity contribution in [1.29, 1.82) is 0 Å². The Morgan fingerprint density at radius 2 is 1.56 bits per heavy atom. The third kappa shape index (κ3) is 6.43. The number of hydrogen-bond acceptors (Lipinski definition) is 2. The van der Waals surface area contributed by atoms with Crippen molar-refractivity contribution in [3.63, 3.8) is 0 Å². The maximum absolute atomic E-state index is 15.0. The smallest absolute Gasteiger partial charge is 0.166 e. The van der Waals surface area contributed by atoms with Gasteiger partial charge in [-0.25, -0.2) is 13.2 Å². The van der Waals surface area contributed by atoms with E-state index < -0.39 is 17.5 Å². The van der Waals surface area contributed by atoms with Crippen molar-refractivity contribution < 1.29 is 22.6 Å². The van der Waals surface area contributed by atoms with E-state index >= 15 is 0 Å². The van der Waals surface area contributed by atoms with Gasteiger partial charge >= 0.3 is 0 Å². The molecule has 5 heteroatoms. The molecule has 0 heterocycles. The zero-order valence-electron chi connectivity index (χ0n) is 21.2. The van der Waals surface area contributed by atoms with E-state index in [1.54, 1.807) is 48.5 Å². The standard InChI is InChI=1S/C31H35F3O2/c1-3-4-5-18-35-29-17-8-22(19-28(29)32)20-36-25-13-11-24(12-14-25)27-16-15-26(30(33)31(27)34)23-9-6-21(2)7-10-23/h8,11-17,19,21,23H,3-7,9-10,18,20H2,1-2H3. The van der Waals surface area contributed by atoms with Gasteiger partial charge in [0.25, 0.3) is 0 Å². The molecule has 0 bridgehead atoms. The molecule has 0 saturated heterocycles. The molecule has 3 aromatic rings. The number of ether oxygens (including phenoxy) is 2. The van der Waals surface area contributed by atoms with Crippen molar-refractivity contribution in [1.82, 2.24) is 0 Å². The fraction of sp³-hybridized carbons (Fsp3) is 0.419. The molecular weight excluding hydrogens is 461 g/mol. The highest BCUT2D eigenvalue weighted by molar-refractivity contribution is 5.65. The second-order valence-electron chi connectivity index (χ2n) is 9.92. The second kappa shape index (κ2) is 12.3. The summed E-state index contributed by atoms with van der Waals surface area (Å²) in [5.74, 6) is -0.384. The van der Waals surface area contributed by atoms with Crippen LogP contribution < -0.4 is 9.47 Å². The van der Waals surface area contributed by atoms with Gasteiger partial charge in [-0.1, -0.05) is 69.9 Å². The summed E-state index contributed by atoms with van der Waals surface area (Å²) in [5.41, 5.74) is 1.99. The zero-order chi connectivity index (χ0) is 25.5. The number of unbranched alkanes of at least 4 members (excludes halogenated alkanes) is 2. The molecule has 1 fully saturated rings. The maximum Gasteiger partial charge on any atom is 0.166 e. The van der Waals surface area contributed by atoms with Crippen LogP contribution in [0.15, 0.2) is 54.6 Å². The van der Waals surface area contributed by atoms with Gasteiger partial charge in [-0.2, -0.15) is 0 Å². The lowest BCUT2D eigenvalue weighted by Gasteiger charge is -2.27. The van der Waals surface area contributed by atoms with E-state index in [4.69, 9.17) is 9.47 Å². The van der Waals surface area contributed by atoms with Crippen molar-refractivity contribution in [3.8, 4) is 22.6 Å². The molecule has 0 aliphatic heterocycles. The molecule has 3 aromatic carbocycles. The highest BCUT2D eigenvalue weighted by atomic mass is 19.2. The number of benzene rings is 3. The highest BCUT2D eigenvalue weighted by Crippen LogP contribution is 2.39. The summed E-state index contributed by atoms with van der Waals surface area (Å²) in [4.78, 5) is 0. The molecule has 0 aromatic heterocycles. The zero-order valence-corrected chi connectivity index (χ0v) is 21.2. The van der Waals surface area contributed by atoms with Crippen LogP contribution in [0.25, 0.3) is 11.1 Å². The Bertz CT molecular complexity index is 1140. The van der Waals surface area contributed by atoms with E-state index in [0.29, 0.717) is 35.0 Å². The molecule has 0 atom stereocenters. The minimum Gasteiger partial charge on any atom is -0.491 e. The summed E-state index contributed by atoms with van der Waals surface area (Å²) in [6.07, 6.45) is 6.96. The fourth-order valence-electron chi connectivity index (χ4n) is 4.86. The first-order valence-corrected chi connectivity index (χ1v) is 13.1. The molecule has 0 spiro atoms. The number of rotatable bonds is 10. The fourth-order valence-corrected chi connectivity index (χ4v) is 4.86. The van der Waals surface area contributed by atoms with Gasteiger partial charge in [0.15, 0.2) is 23.2 Å². The summed E-state index contributed by atoms with van der Waals surface area (Å²) in [5, 5.41) is 0. The first-order chi connectivity index (χ1) is 17.5. The van der Waals surface area contributed by atoms with Crippen LogP contribution in [-0.2, 0) is 6.61 Å². The average molecular weight is 497 g/mol. The summed E-state index contributed by atoms with van der Waals surface area (Å²) in [6, 6.07) is 15.1. The van der Waals surface area contributed by atoms with E-state index in [0.717, 1.165) is 44.9 Å². The van der Waals surface area contributed by atoms with Gasteiger partial charge in [-0.3, -0.25) is 0 Å². The Hall–Kier alpha value is -2.95. The molecular formula is C31H35F3O2. The van der Waals surface area contributed by atoms with Gasteiger partial charge in [0.2, 0.25) is 0 Å². The van der Waals surface area contributed by atoms with Crippen molar-refractivity contribution in [3.05, 3.63) is 83.2 Å². The molecule has 1 saturated carbocycles. The molecule has 2 nitrogen and oxygen atoms in total. The van der Waals surface area contributed by atoms with Crippen LogP contribution in [0.4, 0.5) is 13.2 Å². The summed E-state index contributed by atoms with van der Waals surface area (Å²) < 4.78 is 55.5. The van der Waals surface area contributed by atoms with Gasteiger partial charge in [0.1, 0.15) is 12.4 Å². The van der Waals surface area contributed by atoms with Crippen LogP contribution in [-0.4, -0.2) is 6.61 Å². The summed E-state index contributed by atoms with van der Waals surface area (Å²) in [6.45, 7) is 5.00. The second-order valence-corrected chi connectivity index (χ2v) is 9.92. The Balaban J connectivity index is 1.37. The molecule has 192 valence electrons. The van der Waals surface area contributed by atoms with Gasteiger partial charge < -0.3 is 9.47 Å². The highest BCUT2D eigenvalue weighted by Gasteiger charge is 2.25. The van der Waals surface area contributed by atoms with E-state index in [2.05, 4.69) is 13.8 Å². The molecule has 4 rings (SSSR count). The van der Waals surface area contributed by atoms with Gasteiger partial charge in [0, 0.05) is 5.56 Å². The van der Waals surface area contributed by atoms with E-state index in [1.165, 1.54) is 6.07 Å². The Labute approximate surface area is 212 Å². The molecule has 1 aliphatic carbocycles. The largest absolute Gasteiger partial charge is 0.491 e. The number of hydrogen-bond donors (Lipinski definition) is 0. The van der Waals surface area contributed by atoms with Crippen LogP contribution in [0.3, 0.4) is 0 Å². The normalized spacial score (nSPS) is 17.7. The van der Waals surface area contributed by atoms with Crippen LogP contribution in [0.1, 0.15) is 75.8 Å². The van der Waals surface area contributed by atoms with Crippen molar-refractivity contribution in [2.45, 2.75) is 71.3 Å². The van der Waals surface area contributed by atoms with E-state index in [9.17, 15) is 13.2 Å². The maximum atomic E-state index is 15.0. The van der Waals surface area contributed by atoms with Crippen molar-refractivity contribution >= 4 is 0 Å². The Morgan fingerprint density at radius 3 is 2.25 bits per heavy atom. The summed E-state index contributed by atoms with van der Waals surface area (Å²) >= 11 is 0. The molecule has 0 N–H and O–H groups in total. The number of halogens is 3. The third-order valence-corrected chi connectivity index (χ3v) is 7.14. The minimum absolute atomic E-state index is 0.0899. The van der Waals surface area contributed by atoms with E-state index in [1.807, 2.05) is 0 Å². The monoisotopic (exact) mass is 496 g/mol. The van der Waals surface area contributed by atoms with Crippen molar-refractivity contribution in [2.75, 3.05) is 6.61 Å². The average Bonchev–Trinajstić information content (AvgIpc) is 2.89. The van der Waals surface area contributed by atoms with Crippen LogP contribution >= 0.6 is 0 Å². The summed E-state index contributed by atoms with van der Waals surface area (Å²) in [7, 11) is 0. The molecule has 36 heavy (non-hydrogen) atoms. The van der Waals surface area contributed by atoms with E-state index in [-0.39, 0.29) is 23.8 Å². The van der Waals surface area contributed by atoms with Gasteiger partial charge in [-0.15, -0.1) is 0 Å². The molecule has 1 aliphatic rings. The van der Waals surface area contributed by atoms with Gasteiger partial charge in [0.05, 0.1) is 6.61 Å². The molecule has 0 radical (unpaired) electrons. The Kier molecular flexibility index (Phi) is 8.95. The van der Waals surface area contributed by atoms with Crippen LogP contribution in [0.2, 0.25) is 0 Å². The van der Waals surface area contributed by atoms with Gasteiger partial charge in [-0.05, 0) is 72.1 Å². The first kappa shape index (κ1) is 26.1. The lowest BCUT2D eigenvalue weighted by molar-refractivity contribution is 0.288. The predicted molar refractivity (Wildman–Crippen MR) is 138 cm³/mol. The van der Waals surface area contributed by atoms with Crippen LogP contribution in [0.5, 0.6) is 11.5 Å². The third-order valence-electron chi connectivity index (χ3n) is 7.14. The van der Waals surface area contributed by atoms with Crippen LogP contribution in [0, 0.1) is 23.4 Å². The lowest BCUT2D eigenvalue weighted by Crippen LogP contribution is -2.13. The lowest BCUT2D eigenvalue weighted by atomic mass is 9.79. The molecule has 0 amide bonds. The predicted octanol–water partition coefficient (Wildman–Crippen LogP) is 9.21. The minimum atomic E-state index is -0.799. The van der Waals surface area contributed by atoms with Crippen molar-refractivity contribution in [2.24, 2.45) is 5.92 Å². The SMILES string of the molecule is CCCCCOc1ccc(COc2ccc(-c3ccc(C4CCC(C)CC4)c(F)c3F)cc2)cc1F. The topological polar surface area (TPSA) is 18.5 Å².